The highest BCUT2D eigenvalue weighted by Gasteiger charge is 2.26. The molecule has 4 nitrogen and oxygen atoms in total. The summed E-state index contributed by atoms with van der Waals surface area (Å²) in [5.41, 5.74) is -0.652. The van der Waals surface area contributed by atoms with E-state index in [0.717, 1.165) is 5.92 Å². The Morgan fingerprint density at radius 3 is 2.45 bits per heavy atom. The van der Waals surface area contributed by atoms with E-state index in [-0.39, 0.29) is 0 Å². The molecule has 1 heterocycles. The maximum atomic E-state index is 10.3. The molecule has 2 N–H and O–H groups in total. The summed E-state index contributed by atoms with van der Waals surface area (Å²) in [6, 6.07) is 0.493. The molecule has 4 heteroatoms. The van der Waals surface area contributed by atoms with Crippen LogP contribution in [0.15, 0.2) is 0 Å². The highest BCUT2D eigenvalue weighted by molar-refractivity contribution is 4.84. The number of hydrogen-bond acceptors (Lipinski definition) is 4. The van der Waals surface area contributed by atoms with Crippen LogP contribution >= 0.6 is 0 Å². The van der Waals surface area contributed by atoms with Crippen molar-refractivity contribution in [3.63, 3.8) is 0 Å². The van der Waals surface area contributed by atoms with Crippen LogP contribution in [0.3, 0.4) is 0 Å². The molecule has 1 aliphatic rings. The first kappa shape index (κ1) is 17.9. The zero-order chi connectivity index (χ0) is 15.2. The molecule has 0 aromatic carbocycles. The van der Waals surface area contributed by atoms with E-state index in [0.29, 0.717) is 19.1 Å². The Morgan fingerprint density at radius 1 is 1.35 bits per heavy atom. The van der Waals surface area contributed by atoms with Gasteiger partial charge in [0.25, 0.3) is 0 Å². The number of aliphatic hydroxyl groups is 1. The zero-order valence-electron chi connectivity index (χ0n) is 14.2. The van der Waals surface area contributed by atoms with Crippen molar-refractivity contribution in [3.05, 3.63) is 0 Å². The van der Waals surface area contributed by atoms with E-state index in [4.69, 9.17) is 0 Å². The molecule has 2 atom stereocenters. The van der Waals surface area contributed by atoms with Crippen molar-refractivity contribution in [1.82, 2.24) is 15.1 Å². The number of likely N-dealkylation sites (N-methyl/N-ethyl adjacent to an activating group) is 1. The van der Waals surface area contributed by atoms with E-state index in [9.17, 15) is 5.11 Å². The molecule has 1 aliphatic heterocycles. The first-order valence-electron chi connectivity index (χ1n) is 8.17. The Bertz CT molecular complexity index is 260. The number of rotatable bonds is 8. The van der Waals surface area contributed by atoms with Crippen molar-refractivity contribution in [1.29, 1.82) is 0 Å². The summed E-state index contributed by atoms with van der Waals surface area (Å²) in [6.07, 6.45) is 3.82. The third-order valence-corrected chi connectivity index (χ3v) is 4.34. The average Bonchev–Trinajstić information content (AvgIpc) is 2.36. The Morgan fingerprint density at radius 2 is 1.95 bits per heavy atom. The summed E-state index contributed by atoms with van der Waals surface area (Å²) in [4.78, 5) is 4.61. The highest BCUT2D eigenvalue weighted by atomic mass is 16.3. The number of piperidine rings is 1. The second-order valence-electron chi connectivity index (χ2n) is 7.08. The summed E-state index contributed by atoms with van der Waals surface area (Å²) in [7, 11) is 4.00. The third-order valence-electron chi connectivity index (χ3n) is 4.34. The molecule has 1 fully saturated rings. The lowest BCUT2D eigenvalue weighted by atomic mass is 9.90. The topological polar surface area (TPSA) is 38.7 Å². The summed E-state index contributed by atoms with van der Waals surface area (Å²) in [5, 5.41) is 13.9. The van der Waals surface area contributed by atoms with Crippen molar-refractivity contribution >= 4 is 0 Å². The molecule has 0 radical (unpaired) electrons. The van der Waals surface area contributed by atoms with Gasteiger partial charge in [0.1, 0.15) is 0 Å². The number of likely N-dealkylation sites (tertiary alicyclic amines) is 1. The molecule has 0 amide bonds. The highest BCUT2D eigenvalue weighted by Crippen LogP contribution is 2.21. The van der Waals surface area contributed by atoms with Gasteiger partial charge in [-0.15, -0.1) is 0 Å². The van der Waals surface area contributed by atoms with Crippen LogP contribution in [0.25, 0.3) is 0 Å². The summed E-state index contributed by atoms with van der Waals surface area (Å²) < 4.78 is 0. The lowest BCUT2D eigenvalue weighted by Gasteiger charge is -2.36. The fraction of sp³-hybridized carbons (Fsp3) is 1.00. The fourth-order valence-corrected chi connectivity index (χ4v) is 3.28. The van der Waals surface area contributed by atoms with Crippen LogP contribution in [0.5, 0.6) is 0 Å². The minimum Gasteiger partial charge on any atom is -0.388 e. The van der Waals surface area contributed by atoms with Crippen LogP contribution in [0.1, 0.15) is 40.0 Å². The fourth-order valence-electron chi connectivity index (χ4n) is 3.28. The first-order valence-corrected chi connectivity index (χ1v) is 8.17. The molecule has 0 aromatic heterocycles. The van der Waals surface area contributed by atoms with E-state index in [1.165, 1.54) is 38.9 Å². The SMILES string of the molecule is CCCN1CCC(C(C)NCC(C)(O)CN(C)C)CC1. The Balaban J connectivity index is 2.28. The standard InChI is InChI=1S/C16H35N3O/c1-6-9-19-10-7-15(8-11-19)14(2)17-12-16(3,20)13-18(4)5/h14-15,17,20H,6-13H2,1-5H3. The Kier molecular flexibility index (Phi) is 7.45. The van der Waals surface area contributed by atoms with Crippen LogP contribution in [-0.4, -0.2) is 73.4 Å². The molecule has 0 aliphatic carbocycles. The number of hydrogen-bond donors (Lipinski definition) is 2. The average molecular weight is 285 g/mol. The molecule has 0 bridgehead atoms. The smallest absolute Gasteiger partial charge is 0.0869 e. The van der Waals surface area contributed by atoms with Crippen LogP contribution in [0.4, 0.5) is 0 Å². The van der Waals surface area contributed by atoms with Gasteiger partial charge in [-0.2, -0.15) is 0 Å². The summed E-state index contributed by atoms with van der Waals surface area (Å²) in [5.74, 6) is 0.748. The predicted octanol–water partition coefficient (Wildman–Crippen LogP) is 1.40. The second kappa shape index (κ2) is 8.32. The maximum Gasteiger partial charge on any atom is 0.0869 e. The Labute approximate surface area is 125 Å². The van der Waals surface area contributed by atoms with Gasteiger partial charge in [-0.1, -0.05) is 6.92 Å². The van der Waals surface area contributed by atoms with Gasteiger partial charge in [-0.25, -0.2) is 0 Å². The number of nitrogens with zero attached hydrogens (tertiary/aromatic N) is 2. The van der Waals surface area contributed by atoms with Crippen molar-refractivity contribution in [2.45, 2.75) is 51.7 Å². The van der Waals surface area contributed by atoms with Gasteiger partial charge >= 0.3 is 0 Å². The van der Waals surface area contributed by atoms with Crippen LogP contribution in [0, 0.1) is 5.92 Å². The third kappa shape index (κ3) is 6.53. The van der Waals surface area contributed by atoms with E-state index in [1.807, 2.05) is 25.9 Å². The van der Waals surface area contributed by atoms with E-state index in [1.54, 1.807) is 0 Å². The maximum absolute atomic E-state index is 10.3. The van der Waals surface area contributed by atoms with E-state index < -0.39 is 5.60 Å². The summed E-state index contributed by atoms with van der Waals surface area (Å²) >= 11 is 0. The first-order chi connectivity index (χ1) is 9.34. The van der Waals surface area contributed by atoms with E-state index >= 15 is 0 Å². The van der Waals surface area contributed by atoms with Gasteiger partial charge < -0.3 is 20.2 Å². The molecule has 0 aromatic rings. The Hall–Kier alpha value is -0.160. The van der Waals surface area contributed by atoms with Gasteiger partial charge in [-0.05, 0) is 72.8 Å². The zero-order valence-corrected chi connectivity index (χ0v) is 14.2. The molecule has 2 unspecified atom stereocenters. The quantitative estimate of drug-likeness (QED) is 0.707. The van der Waals surface area contributed by atoms with Crippen molar-refractivity contribution in [3.8, 4) is 0 Å². The van der Waals surface area contributed by atoms with Crippen molar-refractivity contribution in [2.24, 2.45) is 5.92 Å². The van der Waals surface area contributed by atoms with Gasteiger partial charge in [0.15, 0.2) is 0 Å². The minimum atomic E-state index is -0.652. The van der Waals surface area contributed by atoms with Gasteiger partial charge in [0, 0.05) is 19.1 Å². The van der Waals surface area contributed by atoms with Gasteiger partial charge in [0.05, 0.1) is 5.60 Å². The lowest BCUT2D eigenvalue weighted by Crippen LogP contribution is -2.50. The second-order valence-corrected chi connectivity index (χ2v) is 7.08. The molecule has 1 rings (SSSR count). The molecule has 0 saturated carbocycles. The van der Waals surface area contributed by atoms with Crippen molar-refractivity contribution < 1.29 is 5.11 Å². The van der Waals surface area contributed by atoms with Crippen molar-refractivity contribution in [2.75, 3.05) is 46.8 Å². The van der Waals surface area contributed by atoms with E-state index in [2.05, 4.69) is 24.1 Å². The normalized spacial score (nSPS) is 22.9. The summed E-state index contributed by atoms with van der Waals surface area (Å²) in [6.45, 7) is 11.5. The van der Waals surface area contributed by atoms with Gasteiger partial charge in [-0.3, -0.25) is 0 Å². The molecule has 20 heavy (non-hydrogen) atoms. The van der Waals surface area contributed by atoms with Crippen LogP contribution < -0.4 is 5.32 Å². The van der Waals surface area contributed by atoms with Gasteiger partial charge in [0.2, 0.25) is 0 Å². The molecular formula is C16H35N3O. The molecular weight excluding hydrogens is 250 g/mol. The largest absolute Gasteiger partial charge is 0.388 e. The monoisotopic (exact) mass is 285 g/mol. The predicted molar refractivity (Wildman–Crippen MR) is 86.1 cm³/mol. The molecule has 1 saturated heterocycles. The molecule has 0 spiro atoms. The number of nitrogens with one attached hydrogen (secondary N) is 1. The van der Waals surface area contributed by atoms with Crippen LogP contribution in [0.2, 0.25) is 0 Å². The lowest BCUT2D eigenvalue weighted by molar-refractivity contribution is 0.0284. The van der Waals surface area contributed by atoms with Crippen LogP contribution in [-0.2, 0) is 0 Å². The minimum absolute atomic E-state index is 0.493. The molecule has 120 valence electrons.